The molecule has 0 spiro atoms. The predicted octanol–water partition coefficient (Wildman–Crippen LogP) is 1.68. The van der Waals surface area contributed by atoms with E-state index in [1.807, 2.05) is 0 Å². The Hall–Kier alpha value is -0.890. The molecule has 1 saturated heterocycles. The minimum absolute atomic E-state index is 0.0390. The van der Waals surface area contributed by atoms with E-state index in [0.717, 1.165) is 12.6 Å². The van der Waals surface area contributed by atoms with E-state index in [9.17, 15) is 13.2 Å². The highest BCUT2D eigenvalue weighted by Crippen LogP contribution is 2.28. The van der Waals surface area contributed by atoms with Gasteiger partial charge >= 0.3 is 0 Å². The Labute approximate surface area is 133 Å². The van der Waals surface area contributed by atoms with Gasteiger partial charge in [-0.15, -0.1) is 0 Å². The van der Waals surface area contributed by atoms with E-state index in [2.05, 4.69) is 10.3 Å². The summed E-state index contributed by atoms with van der Waals surface area (Å²) in [5.41, 5.74) is 0. The molecule has 1 atom stereocenters. The molecule has 21 heavy (non-hydrogen) atoms. The second kappa shape index (κ2) is 6.48. The SMILES string of the molecule is CNC(=O)C1CCCCN1S(=O)(=O)c1cnc(Cl)c(Cl)c1. The van der Waals surface area contributed by atoms with Crippen LogP contribution in [0.3, 0.4) is 0 Å². The van der Waals surface area contributed by atoms with Crippen LogP contribution in [-0.4, -0.2) is 43.2 Å². The molecule has 2 rings (SSSR count). The summed E-state index contributed by atoms with van der Waals surface area (Å²) < 4.78 is 26.6. The molecule has 0 aliphatic carbocycles. The molecular formula is C12H15Cl2N3O3S. The van der Waals surface area contributed by atoms with Crippen LogP contribution in [0.2, 0.25) is 10.2 Å². The molecular weight excluding hydrogens is 337 g/mol. The Morgan fingerprint density at radius 1 is 1.43 bits per heavy atom. The van der Waals surface area contributed by atoms with Crippen molar-refractivity contribution in [3.05, 3.63) is 22.4 Å². The standard InChI is InChI=1S/C12H15Cl2N3O3S/c1-15-12(18)10-4-2-3-5-17(10)21(19,20)8-6-9(13)11(14)16-7-8/h6-7,10H,2-5H2,1H3,(H,15,18). The fourth-order valence-electron chi connectivity index (χ4n) is 2.30. The largest absolute Gasteiger partial charge is 0.358 e. The molecule has 6 nitrogen and oxygen atoms in total. The molecule has 1 aromatic rings. The van der Waals surface area contributed by atoms with E-state index in [1.165, 1.54) is 17.4 Å². The average molecular weight is 352 g/mol. The van der Waals surface area contributed by atoms with Gasteiger partial charge in [-0.2, -0.15) is 4.31 Å². The maximum absolute atomic E-state index is 12.7. The Kier molecular flexibility index (Phi) is 5.08. The molecule has 0 aromatic carbocycles. The normalized spacial score (nSPS) is 20.2. The second-order valence-electron chi connectivity index (χ2n) is 4.69. The van der Waals surface area contributed by atoms with E-state index in [4.69, 9.17) is 23.2 Å². The van der Waals surface area contributed by atoms with Crippen LogP contribution in [0.15, 0.2) is 17.2 Å². The third-order valence-corrected chi connectivity index (χ3v) is 5.94. The molecule has 1 unspecified atom stereocenters. The molecule has 1 aliphatic heterocycles. The summed E-state index contributed by atoms with van der Waals surface area (Å²) in [7, 11) is -2.35. The summed E-state index contributed by atoms with van der Waals surface area (Å²) in [6, 6.07) is 0.546. The minimum Gasteiger partial charge on any atom is -0.358 e. The zero-order chi connectivity index (χ0) is 15.6. The van der Waals surface area contributed by atoms with Gasteiger partial charge in [0.1, 0.15) is 16.1 Å². The van der Waals surface area contributed by atoms with Crippen molar-refractivity contribution >= 4 is 39.1 Å². The van der Waals surface area contributed by atoms with Gasteiger partial charge in [0, 0.05) is 19.8 Å². The summed E-state index contributed by atoms with van der Waals surface area (Å²) in [4.78, 5) is 15.6. The van der Waals surface area contributed by atoms with Crippen molar-refractivity contribution in [2.24, 2.45) is 0 Å². The zero-order valence-electron chi connectivity index (χ0n) is 11.3. The number of rotatable bonds is 3. The average Bonchev–Trinajstić information content (AvgIpc) is 2.49. The molecule has 1 N–H and O–H groups in total. The molecule has 1 aromatic heterocycles. The molecule has 0 bridgehead atoms. The summed E-state index contributed by atoms with van der Waals surface area (Å²) in [6.45, 7) is 0.292. The highest BCUT2D eigenvalue weighted by atomic mass is 35.5. The number of carbonyl (C=O) groups is 1. The number of aromatic nitrogens is 1. The maximum atomic E-state index is 12.7. The Morgan fingerprint density at radius 2 is 2.14 bits per heavy atom. The van der Waals surface area contributed by atoms with Crippen LogP contribution in [0.5, 0.6) is 0 Å². The van der Waals surface area contributed by atoms with E-state index < -0.39 is 16.1 Å². The second-order valence-corrected chi connectivity index (χ2v) is 7.34. The first-order valence-corrected chi connectivity index (χ1v) is 8.62. The van der Waals surface area contributed by atoms with E-state index in [-0.39, 0.29) is 21.0 Å². The first-order chi connectivity index (χ1) is 9.87. The number of carbonyl (C=O) groups excluding carboxylic acids is 1. The van der Waals surface area contributed by atoms with Crippen molar-refractivity contribution < 1.29 is 13.2 Å². The monoisotopic (exact) mass is 351 g/mol. The van der Waals surface area contributed by atoms with Crippen LogP contribution in [-0.2, 0) is 14.8 Å². The van der Waals surface area contributed by atoms with Crippen molar-refractivity contribution in [1.82, 2.24) is 14.6 Å². The van der Waals surface area contributed by atoms with Gasteiger partial charge < -0.3 is 5.32 Å². The summed E-state index contributed by atoms with van der Waals surface area (Å²) >= 11 is 11.5. The summed E-state index contributed by atoms with van der Waals surface area (Å²) in [6.07, 6.45) is 3.16. The smallest absolute Gasteiger partial charge is 0.245 e. The first-order valence-electron chi connectivity index (χ1n) is 6.42. The first kappa shape index (κ1) is 16.5. The number of hydrogen-bond donors (Lipinski definition) is 1. The summed E-state index contributed by atoms with van der Waals surface area (Å²) in [5.74, 6) is -0.314. The maximum Gasteiger partial charge on any atom is 0.245 e. The van der Waals surface area contributed by atoms with E-state index in [0.29, 0.717) is 19.4 Å². The van der Waals surface area contributed by atoms with Gasteiger partial charge in [-0.05, 0) is 18.9 Å². The van der Waals surface area contributed by atoms with Crippen LogP contribution >= 0.6 is 23.2 Å². The van der Waals surface area contributed by atoms with Gasteiger partial charge in [-0.1, -0.05) is 29.6 Å². The minimum atomic E-state index is -3.84. The highest BCUT2D eigenvalue weighted by molar-refractivity contribution is 7.89. The fraction of sp³-hybridized carbons (Fsp3) is 0.500. The number of amides is 1. The molecule has 1 aliphatic rings. The Bertz CT molecular complexity index is 651. The number of sulfonamides is 1. The number of likely N-dealkylation sites (N-methyl/N-ethyl adjacent to an activating group) is 1. The molecule has 116 valence electrons. The van der Waals surface area contributed by atoms with Crippen molar-refractivity contribution in [3.8, 4) is 0 Å². The van der Waals surface area contributed by atoms with Gasteiger partial charge in [-0.3, -0.25) is 4.79 Å². The predicted molar refractivity (Wildman–Crippen MR) is 79.9 cm³/mol. The lowest BCUT2D eigenvalue weighted by Crippen LogP contribution is -2.51. The summed E-state index contributed by atoms with van der Waals surface area (Å²) in [5, 5.41) is 2.60. The van der Waals surface area contributed by atoms with Gasteiger partial charge in [0.15, 0.2) is 0 Å². The molecule has 0 radical (unpaired) electrons. The quantitative estimate of drug-likeness (QED) is 0.840. The van der Waals surface area contributed by atoms with Crippen molar-refractivity contribution in [3.63, 3.8) is 0 Å². The molecule has 1 fully saturated rings. The molecule has 0 saturated carbocycles. The van der Waals surface area contributed by atoms with Gasteiger partial charge in [0.05, 0.1) is 5.02 Å². The molecule has 2 heterocycles. The number of nitrogens with zero attached hydrogens (tertiary/aromatic N) is 2. The zero-order valence-corrected chi connectivity index (χ0v) is 13.7. The van der Waals surface area contributed by atoms with Crippen molar-refractivity contribution in [1.29, 1.82) is 0 Å². The van der Waals surface area contributed by atoms with Gasteiger partial charge in [0.25, 0.3) is 0 Å². The fourth-order valence-corrected chi connectivity index (χ4v) is 4.26. The third-order valence-electron chi connectivity index (χ3n) is 3.38. The van der Waals surface area contributed by atoms with E-state index >= 15 is 0 Å². The van der Waals surface area contributed by atoms with Crippen molar-refractivity contribution in [2.75, 3.05) is 13.6 Å². The number of halogens is 2. The van der Waals surface area contributed by atoms with Gasteiger partial charge in [0.2, 0.25) is 15.9 Å². The highest BCUT2D eigenvalue weighted by Gasteiger charge is 2.37. The molecule has 9 heteroatoms. The van der Waals surface area contributed by atoms with Gasteiger partial charge in [-0.25, -0.2) is 13.4 Å². The third kappa shape index (κ3) is 3.31. The van der Waals surface area contributed by atoms with Crippen LogP contribution in [0.25, 0.3) is 0 Å². The van der Waals surface area contributed by atoms with E-state index in [1.54, 1.807) is 0 Å². The van der Waals surface area contributed by atoms with Crippen LogP contribution in [0.1, 0.15) is 19.3 Å². The van der Waals surface area contributed by atoms with Crippen LogP contribution in [0, 0.1) is 0 Å². The Balaban J connectivity index is 2.40. The topological polar surface area (TPSA) is 79.4 Å². The van der Waals surface area contributed by atoms with Crippen molar-refractivity contribution in [2.45, 2.75) is 30.2 Å². The van der Waals surface area contributed by atoms with Crippen LogP contribution < -0.4 is 5.32 Å². The molecule has 1 amide bonds. The number of piperidine rings is 1. The van der Waals surface area contributed by atoms with Crippen LogP contribution in [0.4, 0.5) is 0 Å². The number of pyridine rings is 1. The lowest BCUT2D eigenvalue weighted by Gasteiger charge is -2.33. The lowest BCUT2D eigenvalue weighted by atomic mass is 10.0. The Morgan fingerprint density at radius 3 is 2.76 bits per heavy atom. The number of hydrogen-bond acceptors (Lipinski definition) is 4. The number of nitrogens with one attached hydrogen (secondary N) is 1. The lowest BCUT2D eigenvalue weighted by molar-refractivity contribution is -0.125.